The van der Waals surface area contributed by atoms with Crippen LogP contribution in [0.15, 0.2) is 30.5 Å². The topological polar surface area (TPSA) is 92.7 Å². The van der Waals surface area contributed by atoms with E-state index in [0.29, 0.717) is 55.3 Å². The van der Waals surface area contributed by atoms with E-state index >= 15 is 0 Å². The van der Waals surface area contributed by atoms with E-state index in [2.05, 4.69) is 9.97 Å². The maximum atomic E-state index is 13.0. The minimum Gasteiger partial charge on any atom is -0.485 e. The second-order valence-corrected chi connectivity index (χ2v) is 10.1. The predicted octanol–water partition coefficient (Wildman–Crippen LogP) is 1.92. The number of aromatic nitrogens is 2. The maximum absolute atomic E-state index is 13.0. The first-order chi connectivity index (χ1) is 14.2. The lowest BCUT2D eigenvalue weighted by Gasteiger charge is -2.42. The summed E-state index contributed by atoms with van der Waals surface area (Å²) >= 11 is 0. The van der Waals surface area contributed by atoms with Crippen LogP contribution in [0.5, 0.6) is 5.75 Å². The van der Waals surface area contributed by atoms with Crippen LogP contribution in [0.1, 0.15) is 40.3 Å². The Bertz CT molecular complexity index is 1080. The quantitative estimate of drug-likeness (QED) is 0.723. The normalized spacial score (nSPS) is 19.1. The molecule has 2 aliphatic heterocycles. The summed E-state index contributed by atoms with van der Waals surface area (Å²) in [5, 5.41) is 0. The summed E-state index contributed by atoms with van der Waals surface area (Å²) < 4.78 is 32.7. The highest BCUT2D eigenvalue weighted by Crippen LogP contribution is 2.36. The largest absolute Gasteiger partial charge is 0.485 e. The highest BCUT2D eigenvalue weighted by Gasteiger charge is 2.43. The van der Waals surface area contributed by atoms with Crippen molar-refractivity contribution in [3.8, 4) is 5.75 Å². The molecule has 1 aromatic heterocycles. The van der Waals surface area contributed by atoms with E-state index in [-0.39, 0.29) is 12.5 Å². The number of nitrogens with zero attached hydrogens (tertiary/aromatic N) is 4. The molecule has 0 saturated carbocycles. The van der Waals surface area contributed by atoms with Crippen molar-refractivity contribution >= 4 is 15.9 Å². The number of carbonyl (C=O) groups is 1. The predicted molar refractivity (Wildman–Crippen MR) is 112 cm³/mol. The van der Waals surface area contributed by atoms with E-state index in [0.717, 1.165) is 5.56 Å². The van der Waals surface area contributed by atoms with Gasteiger partial charge in [-0.1, -0.05) is 18.2 Å². The zero-order valence-electron chi connectivity index (χ0n) is 17.5. The number of fused-ring (bicyclic) bond motifs is 1. The Morgan fingerprint density at radius 1 is 1.17 bits per heavy atom. The minimum atomic E-state index is -3.39. The molecule has 0 atom stereocenters. The van der Waals surface area contributed by atoms with Gasteiger partial charge < -0.3 is 9.64 Å². The molecule has 0 aliphatic carbocycles. The van der Waals surface area contributed by atoms with Gasteiger partial charge in [0.1, 0.15) is 17.2 Å². The summed E-state index contributed by atoms with van der Waals surface area (Å²) in [7, 11) is -3.39. The number of carbonyl (C=O) groups excluding carboxylic acids is 1. The van der Waals surface area contributed by atoms with Gasteiger partial charge in [0.2, 0.25) is 10.0 Å². The number of para-hydroxylation sites is 1. The molecular formula is C21H26N4O4S. The van der Waals surface area contributed by atoms with Gasteiger partial charge in [-0.25, -0.2) is 18.4 Å². The fourth-order valence-electron chi connectivity index (χ4n) is 4.14. The van der Waals surface area contributed by atoms with Gasteiger partial charge in [-0.15, -0.1) is 0 Å². The molecule has 1 aromatic carbocycles. The van der Waals surface area contributed by atoms with Crippen molar-refractivity contribution in [1.82, 2.24) is 19.2 Å². The average Bonchev–Trinajstić information content (AvgIpc) is 2.84. The molecule has 8 nitrogen and oxygen atoms in total. The summed E-state index contributed by atoms with van der Waals surface area (Å²) in [5.74, 6) is 1.25. The van der Waals surface area contributed by atoms with Crippen LogP contribution < -0.4 is 4.74 Å². The van der Waals surface area contributed by atoms with Crippen LogP contribution in [-0.4, -0.2) is 65.0 Å². The standard InChI is InChI=1S/C21H26N4O4S/c1-15-18(12-22-16(2)23-15)20(26)24-10-8-21(9-11-24)14-25(30(3,27)28)13-17-6-4-5-7-19(17)29-21/h4-7,12H,8-11,13-14H2,1-3H3. The van der Waals surface area contributed by atoms with Gasteiger partial charge in [0.15, 0.2) is 0 Å². The van der Waals surface area contributed by atoms with Crippen molar-refractivity contribution in [3.63, 3.8) is 0 Å². The SMILES string of the molecule is Cc1ncc(C(=O)N2CCC3(CC2)CN(S(C)(=O)=O)Cc2ccccc2O3)c(C)n1. The number of benzene rings is 1. The number of amides is 1. The highest BCUT2D eigenvalue weighted by atomic mass is 32.2. The van der Waals surface area contributed by atoms with Gasteiger partial charge in [0.25, 0.3) is 5.91 Å². The van der Waals surface area contributed by atoms with Crippen LogP contribution in [0.3, 0.4) is 0 Å². The molecule has 0 radical (unpaired) electrons. The van der Waals surface area contributed by atoms with E-state index in [1.807, 2.05) is 31.2 Å². The lowest BCUT2D eigenvalue weighted by atomic mass is 9.90. The van der Waals surface area contributed by atoms with E-state index in [1.165, 1.54) is 10.6 Å². The number of piperidine rings is 1. The Labute approximate surface area is 176 Å². The lowest BCUT2D eigenvalue weighted by molar-refractivity contribution is -0.00253. The van der Waals surface area contributed by atoms with Crippen molar-refractivity contribution < 1.29 is 17.9 Å². The Morgan fingerprint density at radius 2 is 1.87 bits per heavy atom. The first-order valence-corrected chi connectivity index (χ1v) is 11.8. The molecule has 0 N–H and O–H groups in total. The molecule has 0 unspecified atom stereocenters. The van der Waals surface area contributed by atoms with E-state index in [9.17, 15) is 13.2 Å². The van der Waals surface area contributed by atoms with Gasteiger partial charge in [-0.05, 0) is 19.9 Å². The van der Waals surface area contributed by atoms with Crippen LogP contribution >= 0.6 is 0 Å². The number of aryl methyl sites for hydroxylation is 2. The van der Waals surface area contributed by atoms with E-state index in [1.54, 1.807) is 18.0 Å². The fourth-order valence-corrected chi connectivity index (χ4v) is 4.99. The van der Waals surface area contributed by atoms with Crippen LogP contribution in [-0.2, 0) is 16.6 Å². The molecule has 160 valence electrons. The van der Waals surface area contributed by atoms with Gasteiger partial charge in [-0.3, -0.25) is 4.79 Å². The number of ether oxygens (including phenoxy) is 1. The minimum absolute atomic E-state index is 0.101. The van der Waals surface area contributed by atoms with E-state index < -0.39 is 15.6 Å². The van der Waals surface area contributed by atoms with Gasteiger partial charge in [-0.2, -0.15) is 4.31 Å². The smallest absolute Gasteiger partial charge is 0.257 e. The second kappa shape index (κ2) is 7.63. The number of rotatable bonds is 2. The van der Waals surface area contributed by atoms with Crippen LogP contribution in [0, 0.1) is 13.8 Å². The second-order valence-electron chi connectivity index (χ2n) is 8.13. The first-order valence-electron chi connectivity index (χ1n) is 9.98. The number of hydrogen-bond acceptors (Lipinski definition) is 6. The molecular weight excluding hydrogens is 404 g/mol. The Balaban J connectivity index is 1.57. The third-order valence-electron chi connectivity index (χ3n) is 5.87. The van der Waals surface area contributed by atoms with Crippen molar-refractivity contribution in [1.29, 1.82) is 0 Å². The summed E-state index contributed by atoms with van der Waals surface area (Å²) in [4.78, 5) is 23.2. The van der Waals surface area contributed by atoms with Crippen molar-refractivity contribution in [2.75, 3.05) is 25.9 Å². The Morgan fingerprint density at radius 3 is 2.53 bits per heavy atom. The van der Waals surface area contributed by atoms with Crippen molar-refractivity contribution in [3.05, 3.63) is 53.1 Å². The molecule has 0 bridgehead atoms. The summed E-state index contributed by atoms with van der Waals surface area (Å²) in [6, 6.07) is 7.55. The molecule has 2 aromatic rings. The number of hydrogen-bond donors (Lipinski definition) is 0. The lowest BCUT2D eigenvalue weighted by Crippen LogP contribution is -2.55. The molecule has 1 spiro atoms. The highest BCUT2D eigenvalue weighted by molar-refractivity contribution is 7.88. The molecule has 9 heteroatoms. The molecule has 1 saturated heterocycles. The van der Waals surface area contributed by atoms with Gasteiger partial charge >= 0.3 is 0 Å². The fraction of sp³-hybridized carbons (Fsp3) is 0.476. The third-order valence-corrected chi connectivity index (χ3v) is 7.07. The monoisotopic (exact) mass is 430 g/mol. The average molecular weight is 431 g/mol. The zero-order valence-corrected chi connectivity index (χ0v) is 18.3. The Kier molecular flexibility index (Phi) is 5.27. The summed E-state index contributed by atoms with van der Waals surface area (Å²) in [6.45, 7) is 5.12. The van der Waals surface area contributed by atoms with Crippen LogP contribution in [0.25, 0.3) is 0 Å². The third kappa shape index (κ3) is 4.04. The van der Waals surface area contributed by atoms with Gasteiger partial charge in [0.05, 0.1) is 24.1 Å². The molecule has 1 fully saturated rings. The van der Waals surface area contributed by atoms with Crippen LogP contribution in [0.2, 0.25) is 0 Å². The summed E-state index contributed by atoms with van der Waals surface area (Å²) in [6.07, 6.45) is 3.90. The first kappa shape index (κ1) is 20.7. The molecule has 1 amide bonds. The molecule has 2 aliphatic rings. The zero-order chi connectivity index (χ0) is 21.5. The van der Waals surface area contributed by atoms with Crippen molar-refractivity contribution in [2.24, 2.45) is 0 Å². The molecule has 3 heterocycles. The molecule has 30 heavy (non-hydrogen) atoms. The molecule has 4 rings (SSSR count). The van der Waals surface area contributed by atoms with Crippen LogP contribution in [0.4, 0.5) is 0 Å². The number of sulfonamides is 1. The van der Waals surface area contributed by atoms with E-state index in [4.69, 9.17) is 4.74 Å². The van der Waals surface area contributed by atoms with Crippen molar-refractivity contribution in [2.45, 2.75) is 38.8 Å². The number of likely N-dealkylation sites (tertiary alicyclic amines) is 1. The summed E-state index contributed by atoms with van der Waals surface area (Å²) in [5.41, 5.74) is 1.36. The maximum Gasteiger partial charge on any atom is 0.257 e. The van der Waals surface area contributed by atoms with Gasteiger partial charge in [0, 0.05) is 44.2 Å². The Hall–Kier alpha value is -2.52.